The molecule has 1 aromatic rings. The van der Waals surface area contributed by atoms with E-state index in [9.17, 15) is 4.79 Å². The number of aryl methyl sites for hydroxylation is 2. The van der Waals surface area contributed by atoms with Crippen molar-refractivity contribution in [1.29, 1.82) is 0 Å². The monoisotopic (exact) mass is 478 g/mol. The molecule has 8 heteroatoms. The molecule has 0 bridgehead atoms. The van der Waals surface area contributed by atoms with Gasteiger partial charge in [0.25, 0.3) is 0 Å². The fourth-order valence-electron chi connectivity index (χ4n) is 2.91. The highest BCUT2D eigenvalue weighted by Crippen LogP contribution is 2.15. The number of hydrogen-bond donors (Lipinski definition) is 2. The number of hydrogen-bond acceptors (Lipinski definition) is 4. The number of halogens is 1. The molecular weight excluding hydrogens is 447 g/mol. The molecule has 2 heterocycles. The molecule has 0 spiro atoms. The van der Waals surface area contributed by atoms with E-state index < -0.39 is 5.60 Å². The number of guanidine groups is 1. The Kier molecular flexibility index (Phi) is 8.23. The Morgan fingerprint density at radius 2 is 2.12 bits per heavy atom. The third kappa shape index (κ3) is 6.69. The molecule has 0 radical (unpaired) electrons. The van der Waals surface area contributed by atoms with Crippen LogP contribution in [-0.2, 0) is 11.3 Å². The Bertz CT molecular complexity index is 637. The molecule has 0 unspecified atom stereocenters. The van der Waals surface area contributed by atoms with E-state index in [0.29, 0.717) is 13.1 Å². The van der Waals surface area contributed by atoms with Crippen molar-refractivity contribution < 1.29 is 13.9 Å². The van der Waals surface area contributed by atoms with Gasteiger partial charge in [0, 0.05) is 32.2 Å². The molecule has 1 atom stereocenters. The number of alkyl carbamates (subject to hydrolysis) is 1. The van der Waals surface area contributed by atoms with Gasteiger partial charge in [-0.05, 0) is 47.1 Å². The number of amides is 1. The maximum atomic E-state index is 11.9. The number of carbonyl (C=O) groups excluding carboxylic acids is 1. The van der Waals surface area contributed by atoms with Crippen LogP contribution in [0.25, 0.3) is 0 Å². The minimum Gasteiger partial charge on any atom is -0.466 e. The largest absolute Gasteiger partial charge is 0.466 e. The zero-order chi connectivity index (χ0) is 18.6. The molecule has 1 saturated heterocycles. The Morgan fingerprint density at radius 3 is 2.65 bits per heavy atom. The number of carbonyl (C=O) groups is 1. The predicted molar refractivity (Wildman–Crippen MR) is 113 cm³/mol. The van der Waals surface area contributed by atoms with Crippen LogP contribution in [0.2, 0.25) is 0 Å². The molecule has 1 fully saturated rings. The normalized spacial score (nSPS) is 17.7. The number of rotatable bonds is 3. The van der Waals surface area contributed by atoms with Crippen LogP contribution in [0.1, 0.15) is 44.3 Å². The van der Waals surface area contributed by atoms with Crippen LogP contribution in [-0.4, -0.2) is 48.7 Å². The van der Waals surface area contributed by atoms with E-state index in [1.807, 2.05) is 40.7 Å². The van der Waals surface area contributed by atoms with Crippen molar-refractivity contribution in [3.63, 3.8) is 0 Å². The molecule has 2 rings (SSSR count). The van der Waals surface area contributed by atoms with E-state index >= 15 is 0 Å². The number of aliphatic imine (C=N–C) groups is 1. The molecule has 2 N–H and O–H groups in total. The van der Waals surface area contributed by atoms with Crippen molar-refractivity contribution in [2.45, 2.75) is 59.2 Å². The summed E-state index contributed by atoms with van der Waals surface area (Å²) in [5, 5.41) is 6.30. The van der Waals surface area contributed by atoms with Gasteiger partial charge >= 0.3 is 6.09 Å². The quantitative estimate of drug-likeness (QED) is 0.397. The number of likely N-dealkylation sites (tertiary alicyclic amines) is 1. The first-order chi connectivity index (χ1) is 11.7. The van der Waals surface area contributed by atoms with Crippen LogP contribution in [0, 0.1) is 13.8 Å². The van der Waals surface area contributed by atoms with Gasteiger partial charge in [0.15, 0.2) is 5.96 Å². The summed E-state index contributed by atoms with van der Waals surface area (Å²) in [5.41, 5.74) is 0.641. The number of furan rings is 1. The molecule has 1 amide bonds. The first kappa shape index (κ1) is 22.6. The van der Waals surface area contributed by atoms with E-state index in [1.165, 1.54) is 0 Å². The van der Waals surface area contributed by atoms with E-state index in [1.54, 1.807) is 7.05 Å². The highest BCUT2D eigenvalue weighted by molar-refractivity contribution is 14.0. The first-order valence-electron chi connectivity index (χ1n) is 8.69. The maximum absolute atomic E-state index is 11.9. The average Bonchev–Trinajstić information content (AvgIpc) is 3.04. The van der Waals surface area contributed by atoms with Crippen LogP contribution in [0.5, 0.6) is 0 Å². The second-order valence-corrected chi connectivity index (χ2v) is 7.42. The van der Waals surface area contributed by atoms with Gasteiger partial charge in [0.05, 0.1) is 6.04 Å². The molecule has 0 aliphatic carbocycles. The molecule has 1 aliphatic rings. The van der Waals surface area contributed by atoms with Crippen LogP contribution in [0.15, 0.2) is 15.5 Å². The van der Waals surface area contributed by atoms with Gasteiger partial charge in [0.2, 0.25) is 0 Å². The van der Waals surface area contributed by atoms with E-state index in [4.69, 9.17) is 9.15 Å². The predicted octanol–water partition coefficient (Wildman–Crippen LogP) is 3.19. The van der Waals surface area contributed by atoms with Crippen LogP contribution in [0.4, 0.5) is 4.79 Å². The van der Waals surface area contributed by atoms with Gasteiger partial charge < -0.3 is 24.7 Å². The fraction of sp³-hybridized carbons (Fsp3) is 0.667. The summed E-state index contributed by atoms with van der Waals surface area (Å²) in [6, 6.07) is 2.10. The molecule has 1 aromatic heterocycles. The molecule has 0 saturated carbocycles. The Morgan fingerprint density at radius 1 is 1.42 bits per heavy atom. The van der Waals surface area contributed by atoms with Crippen molar-refractivity contribution in [1.82, 2.24) is 15.5 Å². The van der Waals surface area contributed by atoms with Gasteiger partial charge in [-0.1, -0.05) is 0 Å². The van der Waals surface area contributed by atoms with Crippen molar-refractivity contribution in [3.05, 3.63) is 23.2 Å². The van der Waals surface area contributed by atoms with Gasteiger partial charge in [-0.2, -0.15) is 0 Å². The summed E-state index contributed by atoms with van der Waals surface area (Å²) >= 11 is 0. The van der Waals surface area contributed by atoms with Gasteiger partial charge in [0.1, 0.15) is 17.1 Å². The lowest BCUT2D eigenvalue weighted by atomic mass is 10.2. The van der Waals surface area contributed by atoms with E-state index in [2.05, 4.69) is 20.5 Å². The highest BCUT2D eigenvalue weighted by atomic mass is 127. The van der Waals surface area contributed by atoms with E-state index in [0.717, 1.165) is 36.0 Å². The zero-order valence-corrected chi connectivity index (χ0v) is 18.8. The van der Waals surface area contributed by atoms with Gasteiger partial charge in [-0.25, -0.2) is 4.79 Å². The smallest absolute Gasteiger partial charge is 0.407 e. The third-order valence-electron chi connectivity index (χ3n) is 4.00. The molecule has 1 aliphatic heterocycles. The second kappa shape index (κ2) is 9.48. The van der Waals surface area contributed by atoms with Gasteiger partial charge in [-0.3, -0.25) is 4.99 Å². The molecule has 148 valence electrons. The summed E-state index contributed by atoms with van der Waals surface area (Å²) in [6.07, 6.45) is 0.496. The first-order valence-corrected chi connectivity index (χ1v) is 8.69. The maximum Gasteiger partial charge on any atom is 0.407 e. The minimum absolute atomic E-state index is 0. The Hall–Kier alpha value is -1.45. The summed E-state index contributed by atoms with van der Waals surface area (Å²) in [6.45, 7) is 11.7. The lowest BCUT2D eigenvalue weighted by molar-refractivity contribution is 0.0507. The number of nitrogens with one attached hydrogen (secondary N) is 2. The summed E-state index contributed by atoms with van der Waals surface area (Å²) in [4.78, 5) is 18.4. The third-order valence-corrected chi connectivity index (χ3v) is 4.00. The summed E-state index contributed by atoms with van der Waals surface area (Å²) in [7, 11) is 1.77. The van der Waals surface area contributed by atoms with E-state index in [-0.39, 0.29) is 36.1 Å². The Balaban J connectivity index is 0.00000338. The second-order valence-electron chi connectivity index (χ2n) is 7.42. The average molecular weight is 478 g/mol. The lowest BCUT2D eigenvalue weighted by Gasteiger charge is -2.23. The summed E-state index contributed by atoms with van der Waals surface area (Å²) in [5.74, 6) is 2.66. The topological polar surface area (TPSA) is 79.1 Å². The minimum atomic E-state index is -0.486. The molecule has 7 nitrogen and oxygen atoms in total. The molecule has 0 aromatic carbocycles. The lowest BCUT2D eigenvalue weighted by Crippen LogP contribution is -2.44. The summed E-state index contributed by atoms with van der Waals surface area (Å²) < 4.78 is 10.9. The fourth-order valence-corrected chi connectivity index (χ4v) is 2.91. The Labute approximate surface area is 173 Å². The van der Waals surface area contributed by atoms with Crippen LogP contribution >= 0.6 is 24.0 Å². The molecule has 26 heavy (non-hydrogen) atoms. The van der Waals surface area contributed by atoms with Crippen molar-refractivity contribution >= 4 is 36.0 Å². The van der Waals surface area contributed by atoms with Gasteiger partial charge in [-0.15, -0.1) is 24.0 Å². The van der Waals surface area contributed by atoms with Crippen molar-refractivity contribution in [2.75, 3.05) is 20.1 Å². The molecular formula is C18H31IN4O3. The zero-order valence-electron chi connectivity index (χ0n) is 16.5. The highest BCUT2D eigenvalue weighted by Gasteiger charge is 2.27. The van der Waals surface area contributed by atoms with Crippen LogP contribution < -0.4 is 10.6 Å². The SMILES string of the molecule is CN=C(NCc1cc(C)oc1C)N1CC[C@@H](NC(=O)OC(C)(C)C)C1.I. The number of ether oxygens (including phenoxy) is 1. The number of nitrogens with zero attached hydrogens (tertiary/aromatic N) is 2. The van der Waals surface area contributed by atoms with Crippen molar-refractivity contribution in [3.8, 4) is 0 Å². The standard InChI is InChI=1S/C18H30N4O3.HI/c1-12-9-14(13(2)24-12)10-20-16(19-6)22-8-7-15(11-22)21-17(23)25-18(3,4)5;/h9,15H,7-8,10-11H2,1-6H3,(H,19,20)(H,21,23);1H/t15-;/m1./s1. The van der Waals surface area contributed by atoms with Crippen LogP contribution in [0.3, 0.4) is 0 Å². The van der Waals surface area contributed by atoms with Crippen molar-refractivity contribution in [2.24, 2.45) is 4.99 Å².